The lowest BCUT2D eigenvalue weighted by atomic mass is 10.0. The Bertz CT molecular complexity index is 407. The van der Waals surface area contributed by atoms with Gasteiger partial charge in [0.2, 0.25) is 5.91 Å². The minimum atomic E-state index is 0.0935. The third kappa shape index (κ3) is 4.67. The minimum absolute atomic E-state index is 0.0935. The van der Waals surface area contributed by atoms with Crippen molar-refractivity contribution in [1.29, 1.82) is 0 Å². The van der Waals surface area contributed by atoms with Crippen molar-refractivity contribution in [3.63, 3.8) is 0 Å². The van der Waals surface area contributed by atoms with Crippen LogP contribution in [0, 0.1) is 11.8 Å². The molecule has 0 saturated carbocycles. The third-order valence-electron chi connectivity index (χ3n) is 3.41. The lowest BCUT2D eigenvalue weighted by Gasteiger charge is -2.07. The van der Waals surface area contributed by atoms with E-state index in [2.05, 4.69) is 29.6 Å². The van der Waals surface area contributed by atoms with E-state index in [4.69, 9.17) is 0 Å². The molecule has 1 atom stereocenters. The normalized spacial score (nSPS) is 19.0. The molecular formula is C14H24N4O. The Labute approximate surface area is 114 Å². The average Bonchev–Trinajstić information content (AvgIpc) is 2.97. The number of nitrogens with zero attached hydrogens (tertiary/aromatic N) is 2. The summed E-state index contributed by atoms with van der Waals surface area (Å²) >= 11 is 0. The van der Waals surface area contributed by atoms with Crippen LogP contribution in [0.25, 0.3) is 0 Å². The van der Waals surface area contributed by atoms with Gasteiger partial charge >= 0.3 is 0 Å². The van der Waals surface area contributed by atoms with Gasteiger partial charge in [-0.15, -0.1) is 0 Å². The first kappa shape index (κ1) is 14.1. The molecule has 1 unspecified atom stereocenters. The van der Waals surface area contributed by atoms with E-state index in [1.165, 1.54) is 6.42 Å². The van der Waals surface area contributed by atoms with Gasteiger partial charge in [-0.25, -0.2) is 0 Å². The first-order valence-electron chi connectivity index (χ1n) is 7.16. The lowest BCUT2D eigenvalue weighted by Crippen LogP contribution is -2.14. The number of aromatic nitrogens is 2. The molecule has 1 aromatic heterocycles. The molecular weight excluding hydrogens is 240 g/mol. The third-order valence-corrected chi connectivity index (χ3v) is 3.41. The van der Waals surface area contributed by atoms with Gasteiger partial charge in [0.05, 0.1) is 11.9 Å². The van der Waals surface area contributed by atoms with Crippen molar-refractivity contribution >= 4 is 11.6 Å². The molecule has 2 rings (SSSR count). The highest BCUT2D eigenvalue weighted by molar-refractivity contribution is 5.90. The predicted octanol–water partition coefficient (Wildman–Crippen LogP) is 1.87. The maximum atomic E-state index is 11.8. The van der Waals surface area contributed by atoms with Gasteiger partial charge in [-0.3, -0.25) is 9.48 Å². The van der Waals surface area contributed by atoms with Crippen LogP contribution in [0.1, 0.15) is 33.1 Å². The molecule has 2 heterocycles. The number of anilines is 1. The Morgan fingerprint density at radius 1 is 1.63 bits per heavy atom. The topological polar surface area (TPSA) is 59.0 Å². The van der Waals surface area contributed by atoms with Crippen LogP contribution in [0.2, 0.25) is 0 Å². The maximum Gasteiger partial charge on any atom is 0.224 e. The second-order valence-corrected chi connectivity index (χ2v) is 5.79. The Morgan fingerprint density at radius 2 is 2.47 bits per heavy atom. The van der Waals surface area contributed by atoms with E-state index in [9.17, 15) is 4.79 Å². The van der Waals surface area contributed by atoms with Crippen LogP contribution >= 0.6 is 0 Å². The molecule has 1 saturated heterocycles. The molecule has 1 fully saturated rings. The van der Waals surface area contributed by atoms with Crippen LogP contribution in [0.3, 0.4) is 0 Å². The molecule has 19 heavy (non-hydrogen) atoms. The lowest BCUT2D eigenvalue weighted by molar-refractivity contribution is -0.116. The van der Waals surface area contributed by atoms with E-state index >= 15 is 0 Å². The zero-order valence-corrected chi connectivity index (χ0v) is 11.9. The van der Waals surface area contributed by atoms with Gasteiger partial charge in [-0.05, 0) is 37.8 Å². The summed E-state index contributed by atoms with van der Waals surface area (Å²) in [5.41, 5.74) is 0.801. The van der Waals surface area contributed by atoms with E-state index in [0.717, 1.165) is 31.7 Å². The Balaban J connectivity index is 1.73. The Kier molecular flexibility index (Phi) is 4.96. The number of hydrogen-bond acceptors (Lipinski definition) is 3. The van der Waals surface area contributed by atoms with Crippen LogP contribution in [-0.2, 0) is 11.3 Å². The van der Waals surface area contributed by atoms with E-state index in [0.29, 0.717) is 18.3 Å². The van der Waals surface area contributed by atoms with Gasteiger partial charge < -0.3 is 10.6 Å². The molecule has 0 aromatic carbocycles. The first-order chi connectivity index (χ1) is 9.13. The summed E-state index contributed by atoms with van der Waals surface area (Å²) in [6.07, 6.45) is 6.38. The second kappa shape index (κ2) is 6.70. The van der Waals surface area contributed by atoms with E-state index in [1.54, 1.807) is 6.20 Å². The van der Waals surface area contributed by atoms with Gasteiger partial charge in [-0.1, -0.05) is 13.8 Å². The maximum absolute atomic E-state index is 11.8. The summed E-state index contributed by atoms with van der Waals surface area (Å²) in [6.45, 7) is 7.32. The van der Waals surface area contributed by atoms with Gasteiger partial charge in [0.1, 0.15) is 0 Å². The highest BCUT2D eigenvalue weighted by Gasteiger charge is 2.15. The number of carbonyl (C=O) groups is 1. The number of carbonyl (C=O) groups excluding carboxylic acids is 1. The monoisotopic (exact) mass is 264 g/mol. The molecule has 5 heteroatoms. The number of rotatable bonds is 6. The second-order valence-electron chi connectivity index (χ2n) is 5.79. The molecule has 5 nitrogen and oxygen atoms in total. The standard InChI is InChI=1S/C14H24N4O/c1-11(2)9-18-10-13(8-16-18)17-14(19)4-3-12-5-6-15-7-12/h8,10-12,15H,3-7,9H2,1-2H3,(H,17,19). The largest absolute Gasteiger partial charge is 0.323 e. The van der Waals surface area contributed by atoms with Gasteiger partial charge in [0.15, 0.2) is 0 Å². The quantitative estimate of drug-likeness (QED) is 0.824. The van der Waals surface area contributed by atoms with Crippen molar-refractivity contribution in [2.24, 2.45) is 11.8 Å². The van der Waals surface area contributed by atoms with Crippen LogP contribution < -0.4 is 10.6 Å². The van der Waals surface area contributed by atoms with Crippen molar-refractivity contribution in [2.75, 3.05) is 18.4 Å². The fourth-order valence-corrected chi connectivity index (χ4v) is 2.42. The van der Waals surface area contributed by atoms with E-state index in [1.807, 2.05) is 10.9 Å². The van der Waals surface area contributed by atoms with Gasteiger partial charge in [-0.2, -0.15) is 5.10 Å². The number of nitrogens with one attached hydrogen (secondary N) is 2. The highest BCUT2D eigenvalue weighted by atomic mass is 16.1. The summed E-state index contributed by atoms with van der Waals surface area (Å²) in [7, 11) is 0. The molecule has 0 radical (unpaired) electrons. The fraction of sp³-hybridized carbons (Fsp3) is 0.714. The van der Waals surface area contributed by atoms with Crippen molar-refractivity contribution in [3.8, 4) is 0 Å². The fourth-order valence-electron chi connectivity index (χ4n) is 2.42. The highest BCUT2D eigenvalue weighted by Crippen LogP contribution is 2.15. The van der Waals surface area contributed by atoms with Crippen molar-refractivity contribution in [2.45, 2.75) is 39.7 Å². The smallest absolute Gasteiger partial charge is 0.224 e. The summed E-state index contributed by atoms with van der Waals surface area (Å²) in [5, 5.41) is 10.5. The summed E-state index contributed by atoms with van der Waals surface area (Å²) in [5.74, 6) is 1.31. The Hall–Kier alpha value is -1.36. The molecule has 1 aliphatic heterocycles. The molecule has 1 aliphatic rings. The van der Waals surface area contributed by atoms with Gasteiger partial charge in [0, 0.05) is 19.2 Å². The van der Waals surface area contributed by atoms with Gasteiger partial charge in [0.25, 0.3) is 0 Å². The summed E-state index contributed by atoms with van der Waals surface area (Å²) in [6, 6.07) is 0. The zero-order valence-electron chi connectivity index (χ0n) is 11.9. The number of hydrogen-bond donors (Lipinski definition) is 2. The molecule has 106 valence electrons. The summed E-state index contributed by atoms with van der Waals surface area (Å²) in [4.78, 5) is 11.8. The zero-order chi connectivity index (χ0) is 13.7. The van der Waals surface area contributed by atoms with E-state index in [-0.39, 0.29) is 5.91 Å². The van der Waals surface area contributed by atoms with Crippen molar-refractivity contribution in [3.05, 3.63) is 12.4 Å². The molecule has 2 N–H and O–H groups in total. The Morgan fingerprint density at radius 3 is 3.16 bits per heavy atom. The molecule has 0 aliphatic carbocycles. The number of amides is 1. The molecule has 1 amide bonds. The van der Waals surface area contributed by atoms with Crippen LogP contribution in [0.15, 0.2) is 12.4 Å². The van der Waals surface area contributed by atoms with Crippen molar-refractivity contribution < 1.29 is 4.79 Å². The first-order valence-corrected chi connectivity index (χ1v) is 7.16. The van der Waals surface area contributed by atoms with Crippen molar-refractivity contribution in [1.82, 2.24) is 15.1 Å². The molecule has 1 aromatic rings. The minimum Gasteiger partial charge on any atom is -0.323 e. The SMILES string of the molecule is CC(C)Cn1cc(NC(=O)CCC2CCNC2)cn1. The molecule has 0 bridgehead atoms. The van der Waals surface area contributed by atoms with Crippen LogP contribution in [0.4, 0.5) is 5.69 Å². The van der Waals surface area contributed by atoms with E-state index < -0.39 is 0 Å². The van der Waals surface area contributed by atoms with Crippen LogP contribution in [0.5, 0.6) is 0 Å². The summed E-state index contributed by atoms with van der Waals surface area (Å²) < 4.78 is 1.88. The molecule has 0 spiro atoms. The average molecular weight is 264 g/mol. The predicted molar refractivity (Wildman–Crippen MR) is 75.9 cm³/mol. The van der Waals surface area contributed by atoms with Crippen LogP contribution in [-0.4, -0.2) is 28.8 Å².